The monoisotopic (exact) mass is 210 g/mol. The fourth-order valence-electron chi connectivity index (χ4n) is 1.43. The molecule has 0 aliphatic carbocycles. The molecule has 0 saturated carbocycles. The van der Waals surface area contributed by atoms with Gasteiger partial charge in [0.25, 0.3) is 0 Å². The Balaban J connectivity index is 3.14. The Morgan fingerprint density at radius 1 is 1.40 bits per heavy atom. The van der Waals surface area contributed by atoms with Gasteiger partial charge in [-0.3, -0.25) is 0 Å². The zero-order chi connectivity index (χ0) is 11.4. The van der Waals surface area contributed by atoms with E-state index in [4.69, 9.17) is 11.0 Å². The van der Waals surface area contributed by atoms with Gasteiger partial charge in [0.05, 0.1) is 5.56 Å². The Hall–Kier alpha value is -1.47. The van der Waals surface area contributed by atoms with Crippen LogP contribution in [0, 0.1) is 23.0 Å². The quantitative estimate of drug-likeness (QED) is 0.832. The van der Waals surface area contributed by atoms with E-state index in [2.05, 4.69) is 0 Å². The first-order chi connectivity index (χ1) is 7.10. The van der Waals surface area contributed by atoms with E-state index in [9.17, 15) is 8.78 Å². The van der Waals surface area contributed by atoms with Crippen LogP contribution in [0.5, 0.6) is 0 Å². The standard InChI is InChI=1S/C11H12F2N2/c1-7(2-3-14)9-4-8(6-15)10(12)5-11(9)13/h4-5,7H,2-3,14H2,1H3. The lowest BCUT2D eigenvalue weighted by Gasteiger charge is -2.12. The smallest absolute Gasteiger partial charge is 0.143 e. The molecule has 0 aliphatic rings. The molecule has 2 nitrogen and oxygen atoms in total. The summed E-state index contributed by atoms with van der Waals surface area (Å²) in [5.41, 5.74) is 5.57. The topological polar surface area (TPSA) is 49.8 Å². The van der Waals surface area contributed by atoms with E-state index < -0.39 is 11.6 Å². The van der Waals surface area contributed by atoms with Gasteiger partial charge in [-0.05, 0) is 30.5 Å². The van der Waals surface area contributed by atoms with Crippen molar-refractivity contribution in [3.8, 4) is 6.07 Å². The molecule has 0 aliphatic heterocycles. The molecule has 0 aromatic heterocycles. The van der Waals surface area contributed by atoms with Gasteiger partial charge in [-0.25, -0.2) is 8.78 Å². The highest BCUT2D eigenvalue weighted by Crippen LogP contribution is 2.24. The summed E-state index contributed by atoms with van der Waals surface area (Å²) in [7, 11) is 0. The summed E-state index contributed by atoms with van der Waals surface area (Å²) in [5, 5.41) is 8.61. The molecule has 80 valence electrons. The Morgan fingerprint density at radius 3 is 2.60 bits per heavy atom. The van der Waals surface area contributed by atoms with Crippen LogP contribution in [0.15, 0.2) is 12.1 Å². The molecule has 1 rings (SSSR count). The van der Waals surface area contributed by atoms with Crippen molar-refractivity contribution in [2.45, 2.75) is 19.3 Å². The predicted octanol–water partition coefficient (Wildman–Crippen LogP) is 2.29. The average Bonchev–Trinajstić information content (AvgIpc) is 2.18. The number of benzene rings is 1. The fourth-order valence-corrected chi connectivity index (χ4v) is 1.43. The second-order valence-corrected chi connectivity index (χ2v) is 3.44. The molecule has 0 spiro atoms. The van der Waals surface area contributed by atoms with Gasteiger partial charge >= 0.3 is 0 Å². The van der Waals surface area contributed by atoms with Crippen molar-refractivity contribution in [2.24, 2.45) is 5.73 Å². The van der Waals surface area contributed by atoms with Gasteiger partial charge in [0.15, 0.2) is 0 Å². The lowest BCUT2D eigenvalue weighted by atomic mass is 9.95. The number of halogens is 2. The van der Waals surface area contributed by atoms with Crippen molar-refractivity contribution in [1.29, 1.82) is 5.26 Å². The van der Waals surface area contributed by atoms with Crippen LogP contribution in [-0.4, -0.2) is 6.54 Å². The molecular weight excluding hydrogens is 198 g/mol. The van der Waals surface area contributed by atoms with Gasteiger partial charge in [0.1, 0.15) is 17.7 Å². The van der Waals surface area contributed by atoms with Crippen molar-refractivity contribution in [2.75, 3.05) is 6.54 Å². The molecule has 1 aromatic rings. The van der Waals surface area contributed by atoms with Gasteiger partial charge in [-0.2, -0.15) is 5.26 Å². The van der Waals surface area contributed by atoms with E-state index in [1.807, 2.05) is 0 Å². The third-order valence-electron chi connectivity index (χ3n) is 2.34. The number of nitriles is 1. The molecule has 0 saturated heterocycles. The lowest BCUT2D eigenvalue weighted by Crippen LogP contribution is -2.07. The average molecular weight is 210 g/mol. The summed E-state index contributed by atoms with van der Waals surface area (Å²) < 4.78 is 26.3. The highest BCUT2D eigenvalue weighted by molar-refractivity contribution is 5.36. The van der Waals surface area contributed by atoms with Crippen LogP contribution in [0.25, 0.3) is 0 Å². The Labute approximate surface area is 87.3 Å². The Kier molecular flexibility index (Phi) is 3.75. The summed E-state index contributed by atoms with van der Waals surface area (Å²) in [6.07, 6.45) is 0.605. The Morgan fingerprint density at radius 2 is 2.07 bits per heavy atom. The summed E-state index contributed by atoms with van der Waals surface area (Å²) in [4.78, 5) is 0. The van der Waals surface area contributed by atoms with Crippen LogP contribution in [0.2, 0.25) is 0 Å². The largest absolute Gasteiger partial charge is 0.330 e. The molecule has 2 N–H and O–H groups in total. The maximum absolute atomic E-state index is 13.4. The van der Waals surface area contributed by atoms with Crippen molar-refractivity contribution in [1.82, 2.24) is 0 Å². The zero-order valence-corrected chi connectivity index (χ0v) is 8.43. The Bertz CT molecular complexity index is 396. The normalized spacial score (nSPS) is 12.2. The highest BCUT2D eigenvalue weighted by Gasteiger charge is 2.14. The minimum atomic E-state index is -0.821. The van der Waals surface area contributed by atoms with Gasteiger partial charge in [0.2, 0.25) is 0 Å². The second-order valence-electron chi connectivity index (χ2n) is 3.44. The summed E-state index contributed by atoms with van der Waals surface area (Å²) in [6.45, 7) is 2.23. The van der Waals surface area contributed by atoms with Crippen LogP contribution in [0.1, 0.15) is 30.4 Å². The summed E-state index contributed by atoms with van der Waals surface area (Å²) in [5.74, 6) is -1.55. The van der Waals surface area contributed by atoms with E-state index in [0.29, 0.717) is 18.5 Å². The van der Waals surface area contributed by atoms with E-state index >= 15 is 0 Å². The fraction of sp³-hybridized carbons (Fsp3) is 0.364. The molecule has 4 heteroatoms. The molecule has 1 unspecified atom stereocenters. The number of hydrogen-bond donors (Lipinski definition) is 1. The number of rotatable bonds is 3. The van der Waals surface area contributed by atoms with E-state index in [0.717, 1.165) is 6.07 Å². The molecule has 15 heavy (non-hydrogen) atoms. The van der Waals surface area contributed by atoms with Gasteiger partial charge in [-0.1, -0.05) is 6.92 Å². The third kappa shape index (κ3) is 2.51. The van der Waals surface area contributed by atoms with Gasteiger partial charge in [-0.15, -0.1) is 0 Å². The lowest BCUT2D eigenvalue weighted by molar-refractivity contribution is 0.550. The molecule has 0 fully saturated rings. The first-order valence-corrected chi connectivity index (χ1v) is 4.69. The number of nitrogens with zero attached hydrogens (tertiary/aromatic N) is 1. The minimum absolute atomic E-state index is 0.109. The minimum Gasteiger partial charge on any atom is -0.330 e. The molecular formula is C11H12F2N2. The SMILES string of the molecule is CC(CCN)c1cc(C#N)c(F)cc1F. The van der Waals surface area contributed by atoms with E-state index in [1.54, 1.807) is 13.0 Å². The van der Waals surface area contributed by atoms with Gasteiger partial charge in [0, 0.05) is 6.07 Å². The maximum atomic E-state index is 13.4. The summed E-state index contributed by atoms with van der Waals surface area (Å²) >= 11 is 0. The molecule has 1 aromatic carbocycles. The third-order valence-corrected chi connectivity index (χ3v) is 2.34. The van der Waals surface area contributed by atoms with Crippen LogP contribution in [0.4, 0.5) is 8.78 Å². The zero-order valence-electron chi connectivity index (χ0n) is 8.43. The predicted molar refractivity (Wildman–Crippen MR) is 53.2 cm³/mol. The molecule has 0 heterocycles. The van der Waals surface area contributed by atoms with E-state index in [1.165, 1.54) is 6.07 Å². The number of hydrogen-bond acceptors (Lipinski definition) is 2. The molecule has 0 bridgehead atoms. The second kappa shape index (κ2) is 4.85. The van der Waals surface area contributed by atoms with Crippen molar-refractivity contribution < 1.29 is 8.78 Å². The van der Waals surface area contributed by atoms with E-state index in [-0.39, 0.29) is 11.5 Å². The van der Waals surface area contributed by atoms with Crippen molar-refractivity contribution >= 4 is 0 Å². The first-order valence-electron chi connectivity index (χ1n) is 4.69. The van der Waals surface area contributed by atoms with Crippen LogP contribution >= 0.6 is 0 Å². The summed E-state index contributed by atoms with van der Waals surface area (Å²) in [6, 6.07) is 3.69. The van der Waals surface area contributed by atoms with Crippen LogP contribution in [0.3, 0.4) is 0 Å². The van der Waals surface area contributed by atoms with Crippen molar-refractivity contribution in [3.63, 3.8) is 0 Å². The van der Waals surface area contributed by atoms with Crippen LogP contribution in [-0.2, 0) is 0 Å². The molecule has 1 atom stereocenters. The van der Waals surface area contributed by atoms with Crippen molar-refractivity contribution in [3.05, 3.63) is 34.9 Å². The number of nitrogens with two attached hydrogens (primary N) is 1. The molecule has 0 amide bonds. The molecule has 0 radical (unpaired) electrons. The van der Waals surface area contributed by atoms with Crippen LogP contribution < -0.4 is 5.73 Å². The maximum Gasteiger partial charge on any atom is 0.143 e. The highest BCUT2D eigenvalue weighted by atomic mass is 19.1. The first kappa shape index (κ1) is 11.6. The van der Waals surface area contributed by atoms with Gasteiger partial charge < -0.3 is 5.73 Å².